The maximum Gasteiger partial charge on any atom is 0.411 e. The van der Waals surface area contributed by atoms with Crippen molar-refractivity contribution in [1.82, 2.24) is 0 Å². The molecule has 0 aromatic heterocycles. The molecule has 0 fully saturated rings. The number of hydrogen-bond donors (Lipinski definition) is 4. The van der Waals surface area contributed by atoms with Crippen LogP contribution in [0.5, 0.6) is 23.0 Å². The lowest BCUT2D eigenvalue weighted by atomic mass is 10.2. The molecule has 0 radical (unpaired) electrons. The van der Waals surface area contributed by atoms with E-state index in [0.29, 0.717) is 45.7 Å². The summed E-state index contributed by atoms with van der Waals surface area (Å²) in [6.45, 7) is -1.24. The molecule has 0 saturated heterocycles. The van der Waals surface area contributed by atoms with Crippen LogP contribution in [0.1, 0.15) is 0 Å². The summed E-state index contributed by atoms with van der Waals surface area (Å²) in [5.74, 6) is 46.2. The first-order valence-corrected chi connectivity index (χ1v) is 22.2. The third-order valence-corrected chi connectivity index (χ3v) is 9.20. The van der Waals surface area contributed by atoms with Crippen LogP contribution in [0.15, 0.2) is 144 Å². The maximum absolute atomic E-state index is 12.7. The lowest BCUT2D eigenvalue weighted by Crippen LogP contribution is -2.15. The standard InChI is InChI=1S/C60H44N4O12/c1-69-53-33-25-49(26-34-53)61-57(65)73-41-45-17-9-5-6-10-18-47(43-75-59(67)63-51-29-37-55(71-3)38-30-51)23-15-16-24-48(44-76-60(68)64-52-31-39-56(72-4)40-32-52)20-12-8-7-11-19-46(22-14-13-21-45)42-74-58(66)62-50-27-35-54(70-2)36-28-50/h17-20,25-40H,41-44H2,1-4H3,(H,61,65)(H,62,66)(H,63,67)(H,64,68)/b45-17-,46-19+,47-18+,48-20+. The molecule has 4 aromatic rings. The lowest BCUT2D eigenvalue weighted by molar-refractivity contribution is 0.171. The molecule has 76 heavy (non-hydrogen) atoms. The Hall–Kier alpha value is -11.4. The van der Waals surface area contributed by atoms with E-state index >= 15 is 0 Å². The van der Waals surface area contributed by atoms with Gasteiger partial charge in [0, 0.05) is 69.3 Å². The van der Waals surface area contributed by atoms with Crippen LogP contribution in [0.25, 0.3) is 0 Å². The summed E-state index contributed by atoms with van der Waals surface area (Å²) in [7, 11) is 6.10. The van der Waals surface area contributed by atoms with E-state index in [1.807, 2.05) is 0 Å². The van der Waals surface area contributed by atoms with E-state index in [4.69, 9.17) is 37.9 Å². The molecule has 376 valence electrons. The minimum atomic E-state index is -0.773. The zero-order chi connectivity index (χ0) is 54.0. The highest BCUT2D eigenvalue weighted by Crippen LogP contribution is 2.18. The van der Waals surface area contributed by atoms with Crippen LogP contribution < -0.4 is 40.2 Å². The molecule has 4 aromatic carbocycles. The van der Waals surface area contributed by atoms with Crippen molar-refractivity contribution in [2.45, 2.75) is 0 Å². The summed E-state index contributed by atoms with van der Waals surface area (Å²) in [6.07, 6.45) is 2.46. The molecular formula is C60H44N4O12. The highest BCUT2D eigenvalue weighted by molar-refractivity contribution is 5.86. The molecule has 1 aliphatic carbocycles. The van der Waals surface area contributed by atoms with E-state index in [1.54, 1.807) is 97.1 Å². The van der Waals surface area contributed by atoms with Gasteiger partial charge in [-0.05, 0) is 144 Å². The van der Waals surface area contributed by atoms with Crippen LogP contribution in [-0.4, -0.2) is 79.2 Å². The number of rotatable bonds is 16. The van der Waals surface area contributed by atoms with Gasteiger partial charge in [-0.2, -0.15) is 0 Å². The van der Waals surface area contributed by atoms with Crippen molar-refractivity contribution in [2.24, 2.45) is 0 Å². The third-order valence-electron chi connectivity index (χ3n) is 9.20. The van der Waals surface area contributed by atoms with Gasteiger partial charge in [0.25, 0.3) is 0 Å². The molecule has 0 unspecified atom stereocenters. The summed E-state index contributed by atoms with van der Waals surface area (Å²) in [5.41, 5.74) is 2.80. The number of carbonyl (C=O) groups is 4. The zero-order valence-corrected chi connectivity index (χ0v) is 41.3. The van der Waals surface area contributed by atoms with Crippen molar-refractivity contribution in [1.29, 1.82) is 0 Å². The molecule has 0 aliphatic heterocycles. The van der Waals surface area contributed by atoms with Gasteiger partial charge in [-0.15, -0.1) is 0 Å². The second-order valence-corrected chi connectivity index (χ2v) is 14.5. The van der Waals surface area contributed by atoms with Crippen LogP contribution >= 0.6 is 0 Å². The molecule has 16 heteroatoms. The van der Waals surface area contributed by atoms with Crippen LogP contribution in [-0.2, 0) is 18.9 Å². The van der Waals surface area contributed by atoms with Crippen molar-refractivity contribution in [3.8, 4) is 118 Å². The van der Waals surface area contributed by atoms with Crippen LogP contribution in [0, 0.1) is 94.7 Å². The van der Waals surface area contributed by atoms with E-state index in [0.717, 1.165) is 0 Å². The fraction of sp³-hybridized carbons (Fsp3) is 0.133. The number of benzene rings is 4. The third kappa shape index (κ3) is 21.7. The number of allylic oxidation sites excluding steroid dienone is 4. The maximum atomic E-state index is 12.7. The number of amides is 4. The van der Waals surface area contributed by atoms with Gasteiger partial charge in [0.05, 0.1) is 28.4 Å². The summed E-state index contributed by atoms with van der Waals surface area (Å²) < 4.78 is 42.4. The van der Waals surface area contributed by atoms with Gasteiger partial charge in [-0.25, -0.2) is 19.2 Å². The summed E-state index contributed by atoms with van der Waals surface area (Å²) in [4.78, 5) is 51.0. The van der Waals surface area contributed by atoms with Gasteiger partial charge in [0.15, 0.2) is 0 Å². The second-order valence-electron chi connectivity index (χ2n) is 14.5. The largest absolute Gasteiger partial charge is 0.497 e. The summed E-state index contributed by atoms with van der Waals surface area (Å²) in [6, 6.07) is 26.5. The predicted octanol–water partition coefficient (Wildman–Crippen LogP) is 8.76. The van der Waals surface area contributed by atoms with E-state index in [1.165, 1.54) is 52.7 Å². The molecule has 0 atom stereocenters. The number of ether oxygens (including phenoxy) is 8. The van der Waals surface area contributed by atoms with Gasteiger partial charge in [0.1, 0.15) is 49.4 Å². The smallest absolute Gasteiger partial charge is 0.411 e. The number of hydrogen-bond acceptors (Lipinski definition) is 12. The minimum absolute atomic E-state index is 0.242. The van der Waals surface area contributed by atoms with Gasteiger partial charge in [-0.1, -0.05) is 47.4 Å². The molecule has 1 aliphatic rings. The first-order valence-electron chi connectivity index (χ1n) is 22.2. The lowest BCUT2D eigenvalue weighted by Gasteiger charge is -2.07. The van der Waals surface area contributed by atoms with E-state index in [9.17, 15) is 19.2 Å². The number of methoxy groups -OCH3 is 4. The van der Waals surface area contributed by atoms with E-state index < -0.39 is 24.4 Å². The number of carbonyl (C=O) groups excluding carboxylic acids is 4. The van der Waals surface area contributed by atoms with Crippen molar-refractivity contribution in [2.75, 3.05) is 76.1 Å². The van der Waals surface area contributed by atoms with E-state index in [-0.39, 0.29) is 48.7 Å². The Morgan fingerprint density at radius 2 is 0.513 bits per heavy atom. The Kier molecular flexibility index (Phi) is 23.2. The van der Waals surface area contributed by atoms with Crippen LogP contribution in [0.3, 0.4) is 0 Å². The van der Waals surface area contributed by atoms with Crippen LogP contribution in [0.2, 0.25) is 0 Å². The first-order chi connectivity index (χ1) is 37.1. The molecule has 0 heterocycles. The zero-order valence-electron chi connectivity index (χ0n) is 41.3. The first kappa shape index (κ1) is 55.5. The highest BCUT2D eigenvalue weighted by atomic mass is 16.6. The number of anilines is 4. The Bertz CT molecular complexity index is 2950. The molecule has 0 saturated carbocycles. The van der Waals surface area contributed by atoms with Gasteiger partial charge in [-0.3, -0.25) is 21.3 Å². The fourth-order valence-electron chi connectivity index (χ4n) is 5.42. The molecule has 4 N–H and O–H groups in total. The van der Waals surface area contributed by atoms with Crippen molar-refractivity contribution >= 4 is 47.1 Å². The molecule has 0 spiro atoms. The van der Waals surface area contributed by atoms with Gasteiger partial charge >= 0.3 is 24.4 Å². The topological polar surface area (TPSA) is 190 Å². The van der Waals surface area contributed by atoms with Crippen LogP contribution in [0.4, 0.5) is 41.9 Å². The molecular weight excluding hydrogens is 969 g/mol. The molecule has 5 rings (SSSR count). The predicted molar refractivity (Wildman–Crippen MR) is 286 cm³/mol. The summed E-state index contributed by atoms with van der Waals surface area (Å²) >= 11 is 0. The van der Waals surface area contributed by atoms with Crippen molar-refractivity contribution in [3.05, 3.63) is 144 Å². The molecule has 0 bridgehead atoms. The Morgan fingerprint density at radius 1 is 0.316 bits per heavy atom. The van der Waals surface area contributed by atoms with Crippen molar-refractivity contribution < 1.29 is 57.1 Å². The normalized spacial score (nSPS) is 13.8. The van der Waals surface area contributed by atoms with E-state index in [2.05, 4.69) is 116 Å². The fourth-order valence-corrected chi connectivity index (χ4v) is 5.42. The molecule has 4 amide bonds. The SMILES string of the molecule is COc1ccc(NC(=O)OC/C2=C\C#CC#C/C=C(/COC(=O)Nc3ccc(OC)cc3)C#CC#C/C(COC(=O)Nc3ccc(OC)cc3)=C\C#CC#C/C=C(/COC(=O)Nc3ccc(OC)cc3)C#CC#C2)cc1. The second kappa shape index (κ2) is 31.7. The Labute approximate surface area is 440 Å². The average Bonchev–Trinajstić information content (AvgIpc) is 3.43. The minimum Gasteiger partial charge on any atom is -0.497 e. The Morgan fingerprint density at radius 3 is 0.697 bits per heavy atom. The number of nitrogens with one attached hydrogen (secondary N) is 4. The molecule has 16 nitrogen and oxygen atoms in total. The monoisotopic (exact) mass is 1010 g/mol. The Balaban J connectivity index is 1.45. The van der Waals surface area contributed by atoms with Crippen molar-refractivity contribution in [3.63, 3.8) is 0 Å². The highest BCUT2D eigenvalue weighted by Gasteiger charge is 2.09. The average molecular weight is 1010 g/mol. The van der Waals surface area contributed by atoms with Gasteiger partial charge in [0.2, 0.25) is 0 Å². The summed E-state index contributed by atoms with van der Waals surface area (Å²) in [5, 5.41) is 10.5. The quantitative estimate of drug-likeness (QED) is 0.0618. The van der Waals surface area contributed by atoms with Gasteiger partial charge < -0.3 is 37.9 Å².